The highest BCUT2D eigenvalue weighted by molar-refractivity contribution is 5.81. The molecule has 1 N–H and O–H groups in total. The molecule has 0 saturated carbocycles. The molecule has 1 saturated heterocycles. The number of nitrogens with one attached hydrogen (secondary N) is 1. The summed E-state index contributed by atoms with van der Waals surface area (Å²) in [5, 5.41) is 3.05. The minimum Gasteiger partial charge on any atom is -0.376 e. The average molecular weight is 348 g/mol. The van der Waals surface area contributed by atoms with Gasteiger partial charge >= 0.3 is 0 Å². The highest BCUT2D eigenvalue weighted by Gasteiger charge is 2.25. The van der Waals surface area contributed by atoms with Crippen LogP contribution in [-0.4, -0.2) is 50.3 Å². The fourth-order valence-electron chi connectivity index (χ4n) is 3.07. The summed E-state index contributed by atoms with van der Waals surface area (Å²) in [4.78, 5) is 14.7. The van der Waals surface area contributed by atoms with Crippen molar-refractivity contribution < 1.29 is 14.3 Å². The van der Waals surface area contributed by atoms with E-state index >= 15 is 0 Å². The number of nitrogens with zero attached hydrogens (tertiary/aromatic N) is 1. The topological polar surface area (TPSA) is 50.8 Å². The number of rotatable bonds is 9. The predicted molar refractivity (Wildman–Crippen MR) is 99.2 cm³/mol. The first-order chi connectivity index (χ1) is 12.0. The summed E-state index contributed by atoms with van der Waals surface area (Å²) in [6.07, 6.45) is 1.79. The van der Waals surface area contributed by atoms with Gasteiger partial charge in [0.1, 0.15) is 6.10 Å². The van der Waals surface area contributed by atoms with Gasteiger partial charge in [-0.15, -0.1) is 0 Å². The maximum Gasteiger partial charge on any atom is 0.249 e. The molecule has 0 bridgehead atoms. The molecule has 1 aliphatic rings. The predicted octanol–water partition coefficient (Wildman–Crippen LogP) is 2.58. The van der Waals surface area contributed by atoms with Crippen molar-refractivity contribution in [1.82, 2.24) is 10.2 Å². The summed E-state index contributed by atoms with van der Waals surface area (Å²) >= 11 is 0. The van der Waals surface area contributed by atoms with Crippen LogP contribution in [0.2, 0.25) is 0 Å². The normalized spacial score (nSPS) is 18.7. The Hall–Kier alpha value is -1.43. The molecule has 1 amide bonds. The van der Waals surface area contributed by atoms with Gasteiger partial charge in [0.25, 0.3) is 0 Å². The summed E-state index contributed by atoms with van der Waals surface area (Å²) in [6, 6.07) is 8.21. The Morgan fingerprint density at radius 1 is 1.32 bits per heavy atom. The van der Waals surface area contributed by atoms with E-state index < -0.39 is 6.10 Å². The molecule has 140 valence electrons. The third-order valence-electron chi connectivity index (χ3n) is 4.41. The van der Waals surface area contributed by atoms with Gasteiger partial charge in [-0.3, -0.25) is 4.79 Å². The molecule has 25 heavy (non-hydrogen) atoms. The van der Waals surface area contributed by atoms with E-state index in [4.69, 9.17) is 9.47 Å². The van der Waals surface area contributed by atoms with Crippen LogP contribution in [0.15, 0.2) is 24.3 Å². The van der Waals surface area contributed by atoms with E-state index in [1.807, 2.05) is 40.1 Å². The number of carbonyl (C=O) groups is 1. The molecule has 0 spiro atoms. The van der Waals surface area contributed by atoms with Crippen LogP contribution in [0.3, 0.4) is 0 Å². The van der Waals surface area contributed by atoms with Crippen molar-refractivity contribution in [2.45, 2.75) is 52.0 Å². The molecule has 1 fully saturated rings. The molecular formula is C20H32N2O3. The molecule has 5 nitrogen and oxygen atoms in total. The Morgan fingerprint density at radius 3 is 2.64 bits per heavy atom. The van der Waals surface area contributed by atoms with Gasteiger partial charge < -0.3 is 19.7 Å². The fourth-order valence-corrected chi connectivity index (χ4v) is 3.07. The van der Waals surface area contributed by atoms with Crippen LogP contribution in [0.25, 0.3) is 0 Å². The smallest absolute Gasteiger partial charge is 0.249 e. The second-order valence-electron chi connectivity index (χ2n) is 7.36. The summed E-state index contributed by atoms with van der Waals surface area (Å²) < 4.78 is 11.5. The van der Waals surface area contributed by atoms with E-state index in [9.17, 15) is 4.79 Å². The number of carbonyl (C=O) groups excluding carboxylic acids is 1. The van der Waals surface area contributed by atoms with Gasteiger partial charge in [0.15, 0.2) is 0 Å². The second-order valence-corrected chi connectivity index (χ2v) is 7.36. The van der Waals surface area contributed by atoms with Crippen LogP contribution in [0.5, 0.6) is 0 Å². The third kappa shape index (κ3) is 6.42. The molecule has 1 aliphatic heterocycles. The molecule has 0 unspecified atom stereocenters. The van der Waals surface area contributed by atoms with Crippen LogP contribution in [0.1, 0.15) is 37.8 Å². The highest BCUT2D eigenvalue weighted by Crippen LogP contribution is 2.16. The van der Waals surface area contributed by atoms with Gasteiger partial charge in [0, 0.05) is 19.7 Å². The molecular weight excluding hydrogens is 316 g/mol. The van der Waals surface area contributed by atoms with Crippen LogP contribution in [0.4, 0.5) is 0 Å². The fraction of sp³-hybridized carbons (Fsp3) is 0.650. The number of ether oxygens (including phenoxy) is 2. The summed E-state index contributed by atoms with van der Waals surface area (Å²) in [5.41, 5.74) is 2.38. The zero-order chi connectivity index (χ0) is 18.2. The first-order valence-electron chi connectivity index (χ1n) is 9.19. The van der Waals surface area contributed by atoms with E-state index in [0.29, 0.717) is 13.2 Å². The molecule has 1 heterocycles. The van der Waals surface area contributed by atoms with E-state index in [2.05, 4.69) is 22.3 Å². The first-order valence-corrected chi connectivity index (χ1v) is 9.19. The minimum atomic E-state index is -0.440. The lowest BCUT2D eigenvalue weighted by molar-refractivity contribution is -0.138. The Labute approximate surface area is 151 Å². The van der Waals surface area contributed by atoms with Crippen molar-refractivity contribution in [3.05, 3.63) is 35.4 Å². The summed E-state index contributed by atoms with van der Waals surface area (Å²) in [7, 11) is 4.09. The quantitative estimate of drug-likeness (QED) is 0.745. The number of hydrogen-bond acceptors (Lipinski definition) is 4. The van der Waals surface area contributed by atoms with Gasteiger partial charge in [0.2, 0.25) is 5.91 Å². The van der Waals surface area contributed by atoms with E-state index in [0.717, 1.165) is 31.6 Å². The number of amides is 1. The van der Waals surface area contributed by atoms with Gasteiger partial charge in [-0.05, 0) is 44.0 Å². The summed E-state index contributed by atoms with van der Waals surface area (Å²) in [5.74, 6) is 0.0751. The van der Waals surface area contributed by atoms with Crippen molar-refractivity contribution >= 4 is 5.91 Å². The van der Waals surface area contributed by atoms with Gasteiger partial charge in [-0.1, -0.05) is 38.1 Å². The standard InChI is InChI=1S/C20H32N2O3/c1-15(2)19(25-14-18-10-7-11-24-18)20(23)21-12-16-8-5-6-9-17(16)13-22(3)4/h5-6,8-9,15,18-19H,7,10-14H2,1-4H3,(H,21,23)/t18-,19-/m0/s1. The lowest BCUT2D eigenvalue weighted by Crippen LogP contribution is -2.40. The lowest BCUT2D eigenvalue weighted by Gasteiger charge is -2.23. The monoisotopic (exact) mass is 348 g/mol. The van der Waals surface area contributed by atoms with Gasteiger partial charge in [-0.25, -0.2) is 0 Å². The van der Waals surface area contributed by atoms with Crippen molar-refractivity contribution in [3.8, 4) is 0 Å². The Kier molecular flexibility index (Phi) is 7.88. The zero-order valence-electron chi connectivity index (χ0n) is 16.0. The van der Waals surface area contributed by atoms with Crippen LogP contribution in [-0.2, 0) is 27.4 Å². The van der Waals surface area contributed by atoms with Crippen LogP contribution in [0, 0.1) is 5.92 Å². The van der Waals surface area contributed by atoms with E-state index in [-0.39, 0.29) is 17.9 Å². The number of hydrogen-bond donors (Lipinski definition) is 1. The molecule has 2 rings (SSSR count). The van der Waals surface area contributed by atoms with Gasteiger partial charge in [-0.2, -0.15) is 0 Å². The largest absolute Gasteiger partial charge is 0.376 e. The SMILES string of the molecule is CC(C)[C@H](OC[C@@H]1CCCO1)C(=O)NCc1ccccc1CN(C)C. The van der Waals surface area contributed by atoms with Crippen LogP contribution < -0.4 is 5.32 Å². The highest BCUT2D eigenvalue weighted by atomic mass is 16.5. The van der Waals surface area contributed by atoms with E-state index in [1.54, 1.807) is 0 Å². The van der Waals surface area contributed by atoms with Crippen molar-refractivity contribution in [2.75, 3.05) is 27.3 Å². The van der Waals surface area contributed by atoms with Crippen molar-refractivity contribution in [2.24, 2.45) is 5.92 Å². The van der Waals surface area contributed by atoms with Crippen LogP contribution >= 0.6 is 0 Å². The minimum absolute atomic E-state index is 0.0485. The Balaban J connectivity index is 1.90. The van der Waals surface area contributed by atoms with Crippen molar-refractivity contribution in [3.63, 3.8) is 0 Å². The van der Waals surface area contributed by atoms with Gasteiger partial charge in [0.05, 0.1) is 12.7 Å². The molecule has 0 aliphatic carbocycles. The van der Waals surface area contributed by atoms with E-state index in [1.165, 1.54) is 5.56 Å². The second kappa shape index (κ2) is 9.90. The molecule has 0 radical (unpaired) electrons. The maximum atomic E-state index is 12.6. The first kappa shape index (κ1) is 19.9. The molecule has 1 aromatic rings. The zero-order valence-corrected chi connectivity index (χ0v) is 16.0. The molecule has 2 atom stereocenters. The molecule has 1 aromatic carbocycles. The molecule has 0 aromatic heterocycles. The Morgan fingerprint density at radius 2 is 2.04 bits per heavy atom. The maximum absolute atomic E-state index is 12.6. The Bertz CT molecular complexity index is 539. The van der Waals surface area contributed by atoms with Crippen molar-refractivity contribution in [1.29, 1.82) is 0 Å². The summed E-state index contributed by atoms with van der Waals surface area (Å²) in [6.45, 7) is 6.70. The molecule has 5 heteroatoms. The number of benzene rings is 1. The lowest BCUT2D eigenvalue weighted by atomic mass is 10.0. The third-order valence-corrected chi connectivity index (χ3v) is 4.41. The average Bonchev–Trinajstić information content (AvgIpc) is 3.07.